The summed E-state index contributed by atoms with van der Waals surface area (Å²) in [6, 6.07) is 0.246. The number of hydrogen-bond acceptors (Lipinski definition) is 2. The summed E-state index contributed by atoms with van der Waals surface area (Å²) >= 11 is 0. The monoisotopic (exact) mass is 172 g/mol. The summed E-state index contributed by atoms with van der Waals surface area (Å²) in [4.78, 5) is 4.14. The maximum Gasteiger partial charge on any atom is 0.203 e. The molecule has 0 rings (SSSR count). The third kappa shape index (κ3) is 4.96. The molecule has 0 aromatic rings. The van der Waals surface area contributed by atoms with Gasteiger partial charge in [-0.1, -0.05) is 20.3 Å². The Bertz CT molecular complexity index is 144. The molecule has 0 radical (unpaired) electrons. The van der Waals surface area contributed by atoms with Gasteiger partial charge in [-0.05, 0) is 19.3 Å². The van der Waals surface area contributed by atoms with Crippen molar-refractivity contribution in [2.75, 3.05) is 0 Å². The lowest BCUT2D eigenvalue weighted by molar-refractivity contribution is 0.470. The van der Waals surface area contributed by atoms with E-state index < -0.39 is 0 Å². The van der Waals surface area contributed by atoms with Crippen LogP contribution in [-0.2, 0) is 0 Å². The standard InChI is InChI=1S/C8H20N4/c1-4-6(2)5-7(3)11-8(9)12-10/h6-7H,4-5,10H2,1-3H3,(H3,9,11,12). The summed E-state index contributed by atoms with van der Waals surface area (Å²) in [6.45, 7) is 6.42. The first-order valence-electron chi connectivity index (χ1n) is 4.40. The number of hydrogen-bond donors (Lipinski definition) is 3. The van der Waals surface area contributed by atoms with Gasteiger partial charge in [0.05, 0.1) is 6.04 Å². The quantitative estimate of drug-likeness (QED) is 0.251. The number of aliphatic imine (C=N–C) groups is 1. The Labute approximate surface area is 74.4 Å². The van der Waals surface area contributed by atoms with Crippen LogP contribution in [0.3, 0.4) is 0 Å². The summed E-state index contributed by atoms with van der Waals surface area (Å²) in [6.07, 6.45) is 2.23. The van der Waals surface area contributed by atoms with Gasteiger partial charge in [0.1, 0.15) is 0 Å². The molecule has 2 atom stereocenters. The van der Waals surface area contributed by atoms with E-state index in [1.54, 1.807) is 0 Å². The fourth-order valence-corrected chi connectivity index (χ4v) is 1.08. The molecule has 0 amide bonds. The van der Waals surface area contributed by atoms with E-state index in [1.807, 2.05) is 6.92 Å². The van der Waals surface area contributed by atoms with E-state index in [9.17, 15) is 0 Å². The first kappa shape index (κ1) is 11.2. The van der Waals surface area contributed by atoms with Gasteiger partial charge in [-0.3, -0.25) is 5.43 Å². The Morgan fingerprint density at radius 1 is 1.50 bits per heavy atom. The highest BCUT2D eigenvalue weighted by Crippen LogP contribution is 2.11. The zero-order valence-corrected chi connectivity index (χ0v) is 8.17. The van der Waals surface area contributed by atoms with Crippen LogP contribution in [0, 0.1) is 5.92 Å². The Kier molecular flexibility index (Phi) is 5.45. The molecule has 0 aliphatic rings. The van der Waals surface area contributed by atoms with Crippen LogP contribution in [0.1, 0.15) is 33.6 Å². The molecule has 0 spiro atoms. The summed E-state index contributed by atoms with van der Waals surface area (Å²) < 4.78 is 0. The van der Waals surface area contributed by atoms with Gasteiger partial charge >= 0.3 is 0 Å². The minimum absolute atomic E-state index is 0.246. The molecular formula is C8H20N4. The van der Waals surface area contributed by atoms with Gasteiger partial charge in [0.15, 0.2) is 0 Å². The molecule has 0 aliphatic carbocycles. The van der Waals surface area contributed by atoms with Crippen LogP contribution in [0.5, 0.6) is 0 Å². The van der Waals surface area contributed by atoms with Gasteiger partial charge in [0, 0.05) is 0 Å². The van der Waals surface area contributed by atoms with Crippen molar-refractivity contribution < 1.29 is 0 Å². The van der Waals surface area contributed by atoms with Crippen LogP contribution < -0.4 is 17.0 Å². The molecular weight excluding hydrogens is 152 g/mol. The number of nitrogens with one attached hydrogen (secondary N) is 1. The van der Waals surface area contributed by atoms with E-state index in [2.05, 4.69) is 24.3 Å². The normalized spacial score (nSPS) is 17.2. The summed E-state index contributed by atoms with van der Waals surface area (Å²) in [5, 5.41) is 0. The van der Waals surface area contributed by atoms with Gasteiger partial charge < -0.3 is 5.73 Å². The van der Waals surface area contributed by atoms with E-state index in [0.717, 1.165) is 6.42 Å². The second kappa shape index (κ2) is 5.83. The van der Waals surface area contributed by atoms with Gasteiger partial charge in [0.2, 0.25) is 5.96 Å². The average molecular weight is 172 g/mol. The predicted octanol–water partition coefficient (Wildman–Crippen LogP) is 0.589. The van der Waals surface area contributed by atoms with Gasteiger partial charge in [-0.25, -0.2) is 10.8 Å². The smallest absolute Gasteiger partial charge is 0.203 e. The molecule has 4 heteroatoms. The minimum Gasteiger partial charge on any atom is -0.369 e. The lowest BCUT2D eigenvalue weighted by Crippen LogP contribution is -2.38. The van der Waals surface area contributed by atoms with Gasteiger partial charge in [-0.15, -0.1) is 0 Å². The van der Waals surface area contributed by atoms with Crippen LogP contribution in [0.4, 0.5) is 0 Å². The summed E-state index contributed by atoms with van der Waals surface area (Å²) in [7, 11) is 0. The molecule has 4 nitrogen and oxygen atoms in total. The van der Waals surface area contributed by atoms with E-state index in [1.165, 1.54) is 6.42 Å². The zero-order valence-electron chi connectivity index (χ0n) is 8.17. The van der Waals surface area contributed by atoms with Crippen molar-refractivity contribution in [2.24, 2.45) is 22.5 Å². The van der Waals surface area contributed by atoms with Gasteiger partial charge in [-0.2, -0.15) is 0 Å². The lowest BCUT2D eigenvalue weighted by atomic mass is 10.0. The van der Waals surface area contributed by atoms with Crippen molar-refractivity contribution in [3.05, 3.63) is 0 Å². The highest BCUT2D eigenvalue weighted by Gasteiger charge is 2.05. The maximum absolute atomic E-state index is 5.40. The molecule has 0 saturated carbocycles. The molecule has 12 heavy (non-hydrogen) atoms. The van der Waals surface area contributed by atoms with Crippen molar-refractivity contribution in [3.63, 3.8) is 0 Å². The molecule has 0 aromatic carbocycles. The summed E-state index contributed by atoms with van der Waals surface area (Å²) in [5.41, 5.74) is 7.72. The van der Waals surface area contributed by atoms with Crippen LogP contribution in [-0.4, -0.2) is 12.0 Å². The molecule has 0 aromatic heterocycles. The van der Waals surface area contributed by atoms with Crippen LogP contribution >= 0.6 is 0 Å². The molecule has 0 bridgehead atoms. The Morgan fingerprint density at radius 3 is 2.50 bits per heavy atom. The fraction of sp³-hybridized carbons (Fsp3) is 0.875. The molecule has 0 saturated heterocycles. The second-order valence-electron chi connectivity index (χ2n) is 3.26. The number of nitrogens with two attached hydrogens (primary N) is 2. The van der Waals surface area contributed by atoms with Crippen LogP contribution in [0.25, 0.3) is 0 Å². The lowest BCUT2D eigenvalue weighted by Gasteiger charge is -2.12. The van der Waals surface area contributed by atoms with Crippen molar-refractivity contribution in [2.45, 2.75) is 39.7 Å². The Balaban J connectivity index is 3.80. The molecule has 72 valence electrons. The topological polar surface area (TPSA) is 76.4 Å². The molecule has 0 heterocycles. The SMILES string of the molecule is CCC(C)CC(C)N=C(N)NN. The number of nitrogens with zero attached hydrogens (tertiary/aromatic N) is 1. The zero-order chi connectivity index (χ0) is 9.56. The van der Waals surface area contributed by atoms with Crippen LogP contribution in [0.2, 0.25) is 0 Å². The fourth-order valence-electron chi connectivity index (χ4n) is 1.08. The highest BCUT2D eigenvalue weighted by atomic mass is 15.3. The molecule has 0 fully saturated rings. The number of hydrazine groups is 1. The largest absolute Gasteiger partial charge is 0.369 e. The second-order valence-corrected chi connectivity index (χ2v) is 3.26. The van der Waals surface area contributed by atoms with E-state index in [0.29, 0.717) is 11.9 Å². The van der Waals surface area contributed by atoms with Gasteiger partial charge in [0.25, 0.3) is 0 Å². The van der Waals surface area contributed by atoms with E-state index in [-0.39, 0.29) is 6.04 Å². The van der Waals surface area contributed by atoms with Crippen molar-refractivity contribution in [1.82, 2.24) is 5.43 Å². The first-order valence-corrected chi connectivity index (χ1v) is 4.40. The van der Waals surface area contributed by atoms with Crippen molar-refractivity contribution >= 4 is 5.96 Å². The average Bonchev–Trinajstić information content (AvgIpc) is 2.03. The number of guanidine groups is 1. The Hall–Kier alpha value is -0.770. The van der Waals surface area contributed by atoms with Crippen molar-refractivity contribution in [1.29, 1.82) is 0 Å². The van der Waals surface area contributed by atoms with Crippen LogP contribution in [0.15, 0.2) is 4.99 Å². The molecule has 2 unspecified atom stereocenters. The third-order valence-corrected chi connectivity index (χ3v) is 1.95. The van der Waals surface area contributed by atoms with E-state index >= 15 is 0 Å². The molecule has 5 N–H and O–H groups in total. The first-order chi connectivity index (χ1) is 5.60. The highest BCUT2D eigenvalue weighted by molar-refractivity contribution is 5.77. The minimum atomic E-state index is 0.246. The summed E-state index contributed by atoms with van der Waals surface area (Å²) in [5.74, 6) is 6.08. The molecule has 0 aliphatic heterocycles. The Morgan fingerprint density at radius 2 is 2.08 bits per heavy atom. The number of rotatable bonds is 4. The van der Waals surface area contributed by atoms with E-state index in [4.69, 9.17) is 11.6 Å². The third-order valence-electron chi connectivity index (χ3n) is 1.95. The van der Waals surface area contributed by atoms with Crippen molar-refractivity contribution in [3.8, 4) is 0 Å². The maximum atomic E-state index is 5.40. The predicted molar refractivity (Wildman–Crippen MR) is 52.5 cm³/mol.